The van der Waals surface area contributed by atoms with Gasteiger partial charge < -0.3 is 10.6 Å². The lowest BCUT2D eigenvalue weighted by Gasteiger charge is -2.09. The third kappa shape index (κ3) is 2.08. The van der Waals surface area contributed by atoms with Crippen LogP contribution in [0.3, 0.4) is 0 Å². The molecule has 2 N–H and O–H groups in total. The minimum absolute atomic E-state index is 0.0153. The number of nitro benzene ring substituents is 1. The van der Waals surface area contributed by atoms with Crippen LogP contribution in [0.25, 0.3) is 0 Å². The van der Waals surface area contributed by atoms with E-state index in [1.54, 1.807) is 6.92 Å². The molecule has 6 nitrogen and oxygen atoms in total. The molecule has 0 spiro atoms. The largest absolute Gasteiger partial charge is 0.349 e. The van der Waals surface area contributed by atoms with Gasteiger partial charge in [0.25, 0.3) is 11.6 Å². The number of nitrogens with zero attached hydrogens (tertiary/aromatic N) is 1. The highest BCUT2D eigenvalue weighted by molar-refractivity contribution is 5.96. The number of piperidine rings is 1. The number of amides is 1. The molecule has 1 aromatic rings. The van der Waals surface area contributed by atoms with Gasteiger partial charge in [-0.25, -0.2) is 0 Å². The number of fused-ring (bicyclic) bond motifs is 1. The molecule has 6 heteroatoms. The highest BCUT2D eigenvalue weighted by Gasteiger charge is 2.53. The van der Waals surface area contributed by atoms with Crippen LogP contribution in [0, 0.1) is 28.9 Å². The van der Waals surface area contributed by atoms with Gasteiger partial charge >= 0.3 is 0 Å². The summed E-state index contributed by atoms with van der Waals surface area (Å²) in [4.78, 5) is 22.3. The first-order valence-electron chi connectivity index (χ1n) is 6.34. The predicted octanol–water partition coefficient (Wildman–Crippen LogP) is 0.851. The topological polar surface area (TPSA) is 84.3 Å². The van der Waals surface area contributed by atoms with Crippen LogP contribution >= 0.6 is 0 Å². The van der Waals surface area contributed by atoms with Crippen molar-refractivity contribution in [3.63, 3.8) is 0 Å². The van der Waals surface area contributed by atoms with E-state index >= 15 is 0 Å². The van der Waals surface area contributed by atoms with Crippen molar-refractivity contribution in [2.24, 2.45) is 11.8 Å². The molecule has 2 unspecified atom stereocenters. The van der Waals surface area contributed by atoms with Crippen LogP contribution in [0.15, 0.2) is 18.2 Å². The summed E-state index contributed by atoms with van der Waals surface area (Å²) in [5.41, 5.74) is 1.17. The summed E-state index contributed by atoms with van der Waals surface area (Å²) >= 11 is 0. The van der Waals surface area contributed by atoms with Crippen LogP contribution in [0.2, 0.25) is 0 Å². The summed E-state index contributed by atoms with van der Waals surface area (Å²) < 4.78 is 0. The predicted molar refractivity (Wildman–Crippen MR) is 68.9 cm³/mol. The summed E-state index contributed by atoms with van der Waals surface area (Å²) in [6.07, 6.45) is 0. The second-order valence-corrected chi connectivity index (χ2v) is 5.24. The molecule has 0 bridgehead atoms. The zero-order valence-electron chi connectivity index (χ0n) is 10.6. The third-order valence-corrected chi connectivity index (χ3v) is 4.05. The van der Waals surface area contributed by atoms with Crippen molar-refractivity contribution < 1.29 is 9.72 Å². The molecule has 1 amide bonds. The fourth-order valence-electron chi connectivity index (χ4n) is 2.88. The Bertz CT molecular complexity index is 548. The highest BCUT2D eigenvalue weighted by Crippen LogP contribution is 2.41. The average Bonchev–Trinajstić information content (AvgIpc) is 2.82. The Morgan fingerprint density at radius 1 is 1.42 bits per heavy atom. The average molecular weight is 261 g/mol. The Kier molecular flexibility index (Phi) is 2.74. The van der Waals surface area contributed by atoms with E-state index in [1.807, 2.05) is 0 Å². The monoisotopic (exact) mass is 261 g/mol. The molecule has 2 aliphatic rings. The standard InChI is InChI=1S/C13H15N3O3/c1-7-4-8(16(18)19)2-3-9(7)13(17)15-12-10-5-14-6-11(10)12/h2-4,10-12,14H,5-6H2,1H3,(H,15,17). The first kappa shape index (κ1) is 12.1. The third-order valence-electron chi connectivity index (χ3n) is 4.05. The van der Waals surface area contributed by atoms with Crippen molar-refractivity contribution in [2.45, 2.75) is 13.0 Å². The molecule has 19 heavy (non-hydrogen) atoms. The maximum absolute atomic E-state index is 12.1. The molecular formula is C13H15N3O3. The minimum Gasteiger partial charge on any atom is -0.349 e. The van der Waals surface area contributed by atoms with Crippen LogP contribution < -0.4 is 10.6 Å². The van der Waals surface area contributed by atoms with Gasteiger partial charge in [0.2, 0.25) is 0 Å². The van der Waals surface area contributed by atoms with E-state index in [4.69, 9.17) is 0 Å². The van der Waals surface area contributed by atoms with E-state index in [9.17, 15) is 14.9 Å². The summed E-state index contributed by atoms with van der Waals surface area (Å²) in [6, 6.07) is 4.60. The molecule has 0 aromatic heterocycles. The summed E-state index contributed by atoms with van der Waals surface area (Å²) in [6.45, 7) is 3.65. The number of carbonyl (C=O) groups is 1. The Labute approximate surface area is 110 Å². The van der Waals surface area contributed by atoms with Crippen molar-refractivity contribution in [1.29, 1.82) is 0 Å². The molecule has 3 rings (SSSR count). The number of carbonyl (C=O) groups excluding carboxylic acids is 1. The second-order valence-electron chi connectivity index (χ2n) is 5.24. The zero-order chi connectivity index (χ0) is 13.6. The molecule has 1 heterocycles. The number of hydrogen-bond acceptors (Lipinski definition) is 4. The van der Waals surface area contributed by atoms with Gasteiger partial charge in [0.1, 0.15) is 0 Å². The van der Waals surface area contributed by atoms with Crippen molar-refractivity contribution >= 4 is 11.6 Å². The minimum atomic E-state index is -0.453. The van der Waals surface area contributed by atoms with Crippen LogP contribution in [0.4, 0.5) is 5.69 Å². The lowest BCUT2D eigenvalue weighted by molar-refractivity contribution is -0.384. The van der Waals surface area contributed by atoms with Crippen molar-refractivity contribution in [3.05, 3.63) is 39.4 Å². The van der Waals surface area contributed by atoms with E-state index < -0.39 is 4.92 Å². The van der Waals surface area contributed by atoms with Gasteiger partial charge in [0.15, 0.2) is 0 Å². The Morgan fingerprint density at radius 2 is 2.11 bits per heavy atom. The number of non-ortho nitro benzene ring substituents is 1. The SMILES string of the molecule is Cc1cc([N+](=O)[O-])ccc1C(=O)NC1C2CNCC21. The normalized spacial score (nSPS) is 27.7. The van der Waals surface area contributed by atoms with Gasteiger partial charge in [-0.3, -0.25) is 14.9 Å². The number of rotatable bonds is 3. The number of nitrogens with one attached hydrogen (secondary N) is 2. The number of nitro groups is 1. The molecule has 1 aliphatic carbocycles. The lowest BCUT2D eigenvalue weighted by Crippen LogP contribution is -2.32. The first-order valence-corrected chi connectivity index (χ1v) is 6.34. The molecule has 100 valence electrons. The molecular weight excluding hydrogens is 246 g/mol. The summed E-state index contributed by atoms with van der Waals surface area (Å²) in [7, 11) is 0. The van der Waals surface area contributed by atoms with Gasteiger partial charge in [-0.2, -0.15) is 0 Å². The van der Waals surface area contributed by atoms with Crippen LogP contribution in [-0.4, -0.2) is 30.0 Å². The number of hydrogen-bond donors (Lipinski definition) is 2. The number of benzene rings is 1. The van der Waals surface area contributed by atoms with Crippen LogP contribution in [0.1, 0.15) is 15.9 Å². The smallest absolute Gasteiger partial charge is 0.269 e. The van der Waals surface area contributed by atoms with Gasteiger partial charge in [-0.1, -0.05) is 0 Å². The maximum atomic E-state index is 12.1. The van der Waals surface area contributed by atoms with Crippen LogP contribution in [-0.2, 0) is 0 Å². The van der Waals surface area contributed by atoms with Crippen molar-refractivity contribution in [2.75, 3.05) is 13.1 Å². The zero-order valence-corrected chi connectivity index (χ0v) is 10.6. The Balaban J connectivity index is 1.71. The molecule has 1 aliphatic heterocycles. The van der Waals surface area contributed by atoms with Gasteiger partial charge in [0, 0.05) is 36.8 Å². The van der Waals surface area contributed by atoms with E-state index in [1.165, 1.54) is 18.2 Å². The maximum Gasteiger partial charge on any atom is 0.269 e. The lowest BCUT2D eigenvalue weighted by atomic mass is 10.1. The second kappa shape index (κ2) is 4.31. The highest BCUT2D eigenvalue weighted by atomic mass is 16.6. The van der Waals surface area contributed by atoms with E-state index in [0.29, 0.717) is 23.0 Å². The molecule has 2 fully saturated rings. The van der Waals surface area contributed by atoms with E-state index in [-0.39, 0.29) is 17.6 Å². The summed E-state index contributed by atoms with van der Waals surface area (Å²) in [5, 5.41) is 16.9. The van der Waals surface area contributed by atoms with Gasteiger partial charge in [-0.15, -0.1) is 0 Å². The Hall–Kier alpha value is -1.95. The molecule has 2 atom stereocenters. The van der Waals surface area contributed by atoms with E-state index in [0.717, 1.165) is 13.1 Å². The van der Waals surface area contributed by atoms with Gasteiger partial charge in [0.05, 0.1) is 4.92 Å². The summed E-state index contributed by atoms with van der Waals surface area (Å²) in [5.74, 6) is 0.983. The fraction of sp³-hybridized carbons (Fsp3) is 0.462. The number of aryl methyl sites for hydroxylation is 1. The van der Waals surface area contributed by atoms with E-state index in [2.05, 4.69) is 10.6 Å². The van der Waals surface area contributed by atoms with Crippen LogP contribution in [0.5, 0.6) is 0 Å². The molecule has 1 saturated carbocycles. The molecule has 1 saturated heterocycles. The first-order chi connectivity index (χ1) is 9.08. The van der Waals surface area contributed by atoms with Crippen molar-refractivity contribution in [1.82, 2.24) is 10.6 Å². The van der Waals surface area contributed by atoms with Crippen molar-refractivity contribution in [3.8, 4) is 0 Å². The quantitative estimate of drug-likeness (QED) is 0.624. The molecule has 1 aromatic carbocycles. The fourth-order valence-corrected chi connectivity index (χ4v) is 2.88. The Morgan fingerprint density at radius 3 is 2.68 bits per heavy atom. The van der Waals surface area contributed by atoms with Gasteiger partial charge in [-0.05, 0) is 30.4 Å². The molecule has 0 radical (unpaired) electrons.